The third-order valence-corrected chi connectivity index (χ3v) is 2.94. The monoisotopic (exact) mass is 287 g/mol. The lowest BCUT2D eigenvalue weighted by atomic mass is 10.1. The van der Waals surface area contributed by atoms with Gasteiger partial charge in [-0.15, -0.1) is 0 Å². The number of hydrogen-bond donors (Lipinski definition) is 2. The van der Waals surface area contributed by atoms with Gasteiger partial charge in [0.15, 0.2) is 0 Å². The highest BCUT2D eigenvalue weighted by Gasteiger charge is 2.18. The van der Waals surface area contributed by atoms with E-state index in [2.05, 4.69) is 10.3 Å². The molecule has 21 heavy (non-hydrogen) atoms. The van der Waals surface area contributed by atoms with Crippen LogP contribution < -0.4 is 5.32 Å². The van der Waals surface area contributed by atoms with E-state index in [1.165, 1.54) is 18.2 Å². The zero-order valence-corrected chi connectivity index (χ0v) is 11.2. The van der Waals surface area contributed by atoms with Gasteiger partial charge in [0.25, 0.3) is 5.69 Å². The minimum atomic E-state index is -1.14. The van der Waals surface area contributed by atoms with Crippen LogP contribution in [0.4, 0.5) is 11.4 Å². The molecule has 0 bridgehead atoms. The van der Waals surface area contributed by atoms with Crippen LogP contribution in [-0.4, -0.2) is 21.0 Å². The Labute approximate surface area is 120 Å². The minimum Gasteiger partial charge on any atom is -0.478 e. The lowest BCUT2D eigenvalue weighted by Crippen LogP contribution is -2.10. The van der Waals surface area contributed by atoms with Gasteiger partial charge in [-0.1, -0.05) is 6.07 Å². The molecule has 7 nitrogen and oxygen atoms in total. The molecule has 0 fully saturated rings. The average Bonchev–Trinajstić information content (AvgIpc) is 2.47. The molecule has 2 rings (SSSR count). The summed E-state index contributed by atoms with van der Waals surface area (Å²) in [5.74, 6) is -1.14. The van der Waals surface area contributed by atoms with Crippen molar-refractivity contribution in [2.45, 2.75) is 13.0 Å². The lowest BCUT2D eigenvalue weighted by Gasteiger charge is -2.15. The van der Waals surface area contributed by atoms with Crippen LogP contribution in [0.3, 0.4) is 0 Å². The van der Waals surface area contributed by atoms with E-state index in [4.69, 9.17) is 5.11 Å². The van der Waals surface area contributed by atoms with Crippen LogP contribution in [0.15, 0.2) is 42.6 Å². The Hall–Kier alpha value is -2.96. The highest BCUT2D eigenvalue weighted by atomic mass is 16.6. The summed E-state index contributed by atoms with van der Waals surface area (Å²) in [6, 6.07) is 8.69. The second-order valence-corrected chi connectivity index (χ2v) is 4.41. The third kappa shape index (κ3) is 3.33. The zero-order valence-electron chi connectivity index (χ0n) is 11.2. The number of aromatic nitrogens is 1. The van der Waals surface area contributed by atoms with Gasteiger partial charge in [0, 0.05) is 12.3 Å². The summed E-state index contributed by atoms with van der Waals surface area (Å²) in [5, 5.41) is 22.9. The van der Waals surface area contributed by atoms with Crippen LogP contribution in [0.1, 0.15) is 29.0 Å². The Balaban J connectivity index is 2.35. The predicted octanol–water partition coefficient (Wildman–Crippen LogP) is 2.86. The first-order chi connectivity index (χ1) is 9.99. The number of carbonyl (C=O) groups is 1. The summed E-state index contributed by atoms with van der Waals surface area (Å²) in [5.41, 5.74) is 0.657. The second kappa shape index (κ2) is 6.00. The molecule has 1 heterocycles. The van der Waals surface area contributed by atoms with Crippen molar-refractivity contribution in [2.24, 2.45) is 0 Å². The summed E-state index contributed by atoms with van der Waals surface area (Å²) in [6.45, 7) is 1.79. The smallest absolute Gasteiger partial charge is 0.335 e. The van der Waals surface area contributed by atoms with E-state index in [0.29, 0.717) is 5.69 Å². The molecule has 108 valence electrons. The molecule has 0 aliphatic rings. The van der Waals surface area contributed by atoms with Crippen LogP contribution in [0.2, 0.25) is 0 Å². The molecule has 2 aromatic rings. The lowest BCUT2D eigenvalue weighted by molar-refractivity contribution is -0.384. The number of nitrogens with one attached hydrogen (secondary N) is 1. The topological polar surface area (TPSA) is 105 Å². The number of carboxylic acids is 1. The number of hydrogen-bond acceptors (Lipinski definition) is 5. The van der Waals surface area contributed by atoms with Crippen molar-refractivity contribution in [2.75, 3.05) is 5.32 Å². The summed E-state index contributed by atoms with van der Waals surface area (Å²) < 4.78 is 0. The van der Waals surface area contributed by atoms with Gasteiger partial charge in [0.2, 0.25) is 0 Å². The molecular formula is C14H13N3O4. The van der Waals surface area contributed by atoms with Gasteiger partial charge < -0.3 is 10.4 Å². The molecule has 0 saturated heterocycles. The maximum atomic E-state index is 11.0. The van der Waals surface area contributed by atoms with Gasteiger partial charge >= 0.3 is 5.97 Å². The number of carboxylic acid groups (broad SMARTS) is 1. The van der Waals surface area contributed by atoms with Gasteiger partial charge in [-0.3, -0.25) is 15.1 Å². The first kappa shape index (κ1) is 14.4. The van der Waals surface area contributed by atoms with Crippen LogP contribution >= 0.6 is 0 Å². The van der Waals surface area contributed by atoms with Crippen molar-refractivity contribution < 1.29 is 14.8 Å². The van der Waals surface area contributed by atoms with E-state index < -0.39 is 10.9 Å². The van der Waals surface area contributed by atoms with Gasteiger partial charge in [-0.2, -0.15) is 0 Å². The highest BCUT2D eigenvalue weighted by molar-refractivity contribution is 5.90. The molecule has 0 aliphatic carbocycles. The Morgan fingerprint density at radius 1 is 1.38 bits per heavy atom. The number of nitrogens with zero attached hydrogens (tertiary/aromatic N) is 2. The first-order valence-corrected chi connectivity index (χ1v) is 6.18. The van der Waals surface area contributed by atoms with Gasteiger partial charge in [-0.05, 0) is 31.2 Å². The fourth-order valence-corrected chi connectivity index (χ4v) is 1.88. The Morgan fingerprint density at radius 3 is 2.71 bits per heavy atom. The average molecular weight is 287 g/mol. The molecule has 0 spiro atoms. The number of pyridine rings is 1. The van der Waals surface area contributed by atoms with Crippen molar-refractivity contribution in [3.63, 3.8) is 0 Å². The maximum absolute atomic E-state index is 11.0. The van der Waals surface area contributed by atoms with Crippen LogP contribution in [-0.2, 0) is 0 Å². The Bertz CT molecular complexity index is 673. The number of nitro groups is 1. The van der Waals surface area contributed by atoms with Crippen molar-refractivity contribution in [3.8, 4) is 0 Å². The Kier molecular flexibility index (Phi) is 4.13. The summed E-state index contributed by atoms with van der Waals surface area (Å²) in [6.07, 6.45) is 1.62. The standard InChI is InChI=1S/C14H13N3O4/c1-9(11-4-2-3-7-15-11)16-12-8-10(14(18)19)5-6-13(12)17(20)21/h2-9,16H,1H3,(H,18,19). The van der Waals surface area contributed by atoms with E-state index in [1.54, 1.807) is 25.3 Å². The van der Waals surface area contributed by atoms with E-state index in [0.717, 1.165) is 0 Å². The fourth-order valence-electron chi connectivity index (χ4n) is 1.88. The second-order valence-electron chi connectivity index (χ2n) is 4.41. The molecule has 1 aromatic heterocycles. The number of nitro benzene ring substituents is 1. The first-order valence-electron chi connectivity index (χ1n) is 6.18. The van der Waals surface area contributed by atoms with E-state index in [9.17, 15) is 14.9 Å². The molecule has 2 N–H and O–H groups in total. The van der Waals surface area contributed by atoms with Crippen LogP contribution in [0, 0.1) is 10.1 Å². The van der Waals surface area contributed by atoms with Crippen LogP contribution in [0.25, 0.3) is 0 Å². The van der Waals surface area contributed by atoms with Crippen molar-refractivity contribution in [1.82, 2.24) is 4.98 Å². The molecule has 0 aliphatic heterocycles. The molecule has 1 aromatic carbocycles. The van der Waals surface area contributed by atoms with E-state index >= 15 is 0 Å². The van der Waals surface area contributed by atoms with Crippen LogP contribution in [0.5, 0.6) is 0 Å². The Morgan fingerprint density at radius 2 is 2.14 bits per heavy atom. The van der Waals surface area contributed by atoms with Gasteiger partial charge in [-0.25, -0.2) is 4.79 Å². The minimum absolute atomic E-state index is 0.0173. The normalized spacial score (nSPS) is 11.7. The summed E-state index contributed by atoms with van der Waals surface area (Å²) >= 11 is 0. The van der Waals surface area contributed by atoms with Crippen molar-refractivity contribution in [3.05, 3.63) is 64.0 Å². The number of aromatic carboxylic acids is 1. The molecule has 0 radical (unpaired) electrons. The fraction of sp³-hybridized carbons (Fsp3) is 0.143. The van der Waals surface area contributed by atoms with Crippen molar-refractivity contribution >= 4 is 17.3 Å². The SMILES string of the molecule is CC(Nc1cc(C(=O)O)ccc1[N+](=O)[O-])c1ccccn1. The molecule has 1 unspecified atom stereocenters. The predicted molar refractivity (Wildman–Crippen MR) is 76.3 cm³/mol. The largest absolute Gasteiger partial charge is 0.478 e. The maximum Gasteiger partial charge on any atom is 0.335 e. The van der Waals surface area contributed by atoms with E-state index in [1.807, 2.05) is 6.07 Å². The quantitative estimate of drug-likeness (QED) is 0.647. The van der Waals surface area contributed by atoms with Gasteiger partial charge in [0.1, 0.15) is 5.69 Å². The highest BCUT2D eigenvalue weighted by Crippen LogP contribution is 2.28. The van der Waals surface area contributed by atoms with E-state index in [-0.39, 0.29) is 23.0 Å². The zero-order chi connectivity index (χ0) is 15.4. The summed E-state index contributed by atoms with van der Waals surface area (Å²) in [7, 11) is 0. The molecule has 1 atom stereocenters. The number of anilines is 1. The van der Waals surface area contributed by atoms with Crippen molar-refractivity contribution in [1.29, 1.82) is 0 Å². The third-order valence-electron chi connectivity index (χ3n) is 2.94. The number of rotatable bonds is 5. The molecule has 0 saturated carbocycles. The molecular weight excluding hydrogens is 274 g/mol. The molecule has 7 heteroatoms. The molecule has 0 amide bonds. The number of benzene rings is 1. The van der Waals surface area contributed by atoms with Gasteiger partial charge in [0.05, 0.1) is 22.2 Å². The summed E-state index contributed by atoms with van der Waals surface area (Å²) in [4.78, 5) is 25.6.